The largest absolute Gasteiger partial charge is 0.361 e. The second-order valence-corrected chi connectivity index (χ2v) is 5.96. The fraction of sp³-hybridized carbons (Fsp3) is 0.150. The molecule has 2 N–H and O–H groups in total. The van der Waals surface area contributed by atoms with Crippen molar-refractivity contribution in [3.05, 3.63) is 71.9 Å². The first-order valence-corrected chi connectivity index (χ1v) is 7.78. The van der Waals surface area contributed by atoms with Crippen molar-refractivity contribution in [3.8, 4) is 0 Å². The van der Waals surface area contributed by atoms with Crippen LogP contribution in [0.3, 0.4) is 0 Å². The maximum atomic E-state index is 12.3. The van der Waals surface area contributed by atoms with Crippen molar-refractivity contribution in [1.29, 1.82) is 0 Å². The summed E-state index contributed by atoms with van der Waals surface area (Å²) in [4.78, 5) is 15.5. The maximum absolute atomic E-state index is 12.3. The number of aromatic amines is 1. The summed E-state index contributed by atoms with van der Waals surface area (Å²) in [7, 11) is 0. The van der Waals surface area contributed by atoms with Gasteiger partial charge >= 0.3 is 0 Å². The molecule has 0 saturated carbocycles. The van der Waals surface area contributed by atoms with Crippen molar-refractivity contribution in [2.24, 2.45) is 5.92 Å². The van der Waals surface area contributed by atoms with Gasteiger partial charge in [-0.2, -0.15) is 0 Å². The molecule has 3 heteroatoms. The summed E-state index contributed by atoms with van der Waals surface area (Å²) in [5.41, 5.74) is 3.61. The number of H-pyrrole nitrogens is 1. The first kappa shape index (κ1) is 15.1. The van der Waals surface area contributed by atoms with Crippen molar-refractivity contribution >= 4 is 28.6 Å². The molecule has 0 aliphatic rings. The Balaban J connectivity index is 1.72. The van der Waals surface area contributed by atoms with Crippen LogP contribution in [0, 0.1) is 5.92 Å². The van der Waals surface area contributed by atoms with E-state index in [-0.39, 0.29) is 5.91 Å². The minimum atomic E-state index is -0.0979. The Bertz CT molecular complexity index is 841. The van der Waals surface area contributed by atoms with Gasteiger partial charge in [-0.05, 0) is 47.9 Å². The molecule has 0 radical (unpaired) electrons. The quantitative estimate of drug-likeness (QED) is 0.693. The highest BCUT2D eigenvalue weighted by molar-refractivity contribution is 6.05. The van der Waals surface area contributed by atoms with Crippen molar-refractivity contribution in [3.63, 3.8) is 0 Å². The molecule has 1 heterocycles. The molecule has 23 heavy (non-hydrogen) atoms. The Kier molecular flexibility index (Phi) is 4.29. The summed E-state index contributed by atoms with van der Waals surface area (Å²) >= 11 is 0. The van der Waals surface area contributed by atoms with Crippen LogP contribution in [-0.4, -0.2) is 10.9 Å². The highest BCUT2D eigenvalue weighted by atomic mass is 16.1. The maximum Gasteiger partial charge on any atom is 0.255 e. The van der Waals surface area contributed by atoms with Crippen LogP contribution in [0.15, 0.2) is 60.8 Å². The molecule has 3 nitrogen and oxygen atoms in total. The monoisotopic (exact) mass is 304 g/mol. The van der Waals surface area contributed by atoms with Gasteiger partial charge in [-0.3, -0.25) is 4.79 Å². The molecule has 0 aliphatic carbocycles. The van der Waals surface area contributed by atoms with Gasteiger partial charge in [0.15, 0.2) is 0 Å². The Morgan fingerprint density at radius 2 is 1.87 bits per heavy atom. The van der Waals surface area contributed by atoms with Crippen molar-refractivity contribution in [2.45, 2.75) is 13.8 Å². The van der Waals surface area contributed by atoms with Gasteiger partial charge in [0.1, 0.15) is 0 Å². The lowest BCUT2D eigenvalue weighted by molar-refractivity contribution is 0.102. The molecular formula is C20H20N2O. The zero-order chi connectivity index (χ0) is 16.2. The summed E-state index contributed by atoms with van der Waals surface area (Å²) in [5.74, 6) is 0.417. The third-order valence-corrected chi connectivity index (χ3v) is 3.66. The van der Waals surface area contributed by atoms with Gasteiger partial charge in [-0.15, -0.1) is 0 Å². The van der Waals surface area contributed by atoms with E-state index in [1.165, 1.54) is 0 Å². The van der Waals surface area contributed by atoms with Gasteiger partial charge in [0.25, 0.3) is 5.91 Å². The molecule has 3 rings (SSSR count). The average Bonchev–Trinajstić information content (AvgIpc) is 3.01. The van der Waals surface area contributed by atoms with E-state index >= 15 is 0 Å². The Morgan fingerprint density at radius 1 is 1.09 bits per heavy atom. The molecule has 0 unspecified atom stereocenters. The molecule has 116 valence electrons. The number of rotatable bonds is 4. The molecule has 0 fully saturated rings. The van der Waals surface area contributed by atoms with Crippen LogP contribution >= 0.6 is 0 Å². The number of hydrogen-bond acceptors (Lipinski definition) is 1. The summed E-state index contributed by atoms with van der Waals surface area (Å²) in [5, 5.41) is 4.02. The number of anilines is 1. The van der Waals surface area contributed by atoms with Crippen molar-refractivity contribution in [1.82, 2.24) is 4.98 Å². The van der Waals surface area contributed by atoms with Crippen LogP contribution in [0.1, 0.15) is 29.8 Å². The van der Waals surface area contributed by atoms with E-state index in [0.29, 0.717) is 11.5 Å². The number of amides is 1. The minimum Gasteiger partial charge on any atom is -0.361 e. The molecule has 1 amide bonds. The van der Waals surface area contributed by atoms with E-state index in [9.17, 15) is 4.79 Å². The van der Waals surface area contributed by atoms with E-state index in [1.807, 2.05) is 54.7 Å². The third kappa shape index (κ3) is 3.69. The second kappa shape index (κ2) is 6.53. The van der Waals surface area contributed by atoms with Gasteiger partial charge in [0.2, 0.25) is 0 Å². The Labute approximate surface area is 136 Å². The molecule has 1 aromatic heterocycles. The highest BCUT2D eigenvalue weighted by Crippen LogP contribution is 2.18. The fourth-order valence-electron chi connectivity index (χ4n) is 2.38. The number of nitrogens with one attached hydrogen (secondary N) is 2. The Morgan fingerprint density at radius 3 is 2.61 bits per heavy atom. The van der Waals surface area contributed by atoms with Crippen LogP contribution in [0.25, 0.3) is 17.0 Å². The lowest BCUT2D eigenvalue weighted by atomic mass is 10.1. The van der Waals surface area contributed by atoms with Gasteiger partial charge in [0.05, 0.1) is 0 Å². The number of hydrogen-bond donors (Lipinski definition) is 2. The molecule has 2 aromatic carbocycles. The molecular weight excluding hydrogens is 284 g/mol. The lowest BCUT2D eigenvalue weighted by Crippen LogP contribution is -2.11. The normalized spacial score (nSPS) is 11.4. The van der Waals surface area contributed by atoms with E-state index in [2.05, 4.69) is 36.3 Å². The first-order chi connectivity index (χ1) is 11.1. The zero-order valence-corrected chi connectivity index (χ0v) is 13.3. The highest BCUT2D eigenvalue weighted by Gasteiger charge is 2.06. The predicted octanol–water partition coefficient (Wildman–Crippen LogP) is 5.09. The van der Waals surface area contributed by atoms with E-state index in [4.69, 9.17) is 0 Å². The number of carbonyl (C=O) groups is 1. The Hall–Kier alpha value is -2.81. The van der Waals surface area contributed by atoms with Crippen LogP contribution in [-0.2, 0) is 0 Å². The third-order valence-electron chi connectivity index (χ3n) is 3.66. The van der Waals surface area contributed by atoms with Crippen LogP contribution in [0.4, 0.5) is 5.69 Å². The first-order valence-electron chi connectivity index (χ1n) is 7.78. The topological polar surface area (TPSA) is 44.9 Å². The number of allylic oxidation sites excluding steroid dienone is 1. The second-order valence-electron chi connectivity index (χ2n) is 5.96. The van der Waals surface area contributed by atoms with Gasteiger partial charge in [-0.1, -0.05) is 38.1 Å². The van der Waals surface area contributed by atoms with E-state index < -0.39 is 0 Å². The van der Waals surface area contributed by atoms with Crippen molar-refractivity contribution in [2.75, 3.05) is 5.32 Å². The molecule has 0 bridgehead atoms. The van der Waals surface area contributed by atoms with Crippen LogP contribution in [0.2, 0.25) is 0 Å². The number of carbonyl (C=O) groups excluding carboxylic acids is 1. The number of aromatic nitrogens is 1. The molecule has 0 saturated heterocycles. The smallest absolute Gasteiger partial charge is 0.255 e. The SMILES string of the molecule is CC(C)C=Cc1ccc(C(=O)Nc2ccc3[nH]ccc3c2)cc1. The van der Waals surface area contributed by atoms with E-state index in [0.717, 1.165) is 22.2 Å². The van der Waals surface area contributed by atoms with E-state index in [1.54, 1.807) is 0 Å². The summed E-state index contributed by atoms with van der Waals surface area (Å²) < 4.78 is 0. The molecule has 0 atom stereocenters. The standard InChI is InChI=1S/C20H20N2O/c1-14(2)3-4-15-5-7-16(8-6-15)20(23)22-18-9-10-19-17(13-18)11-12-21-19/h3-14,21H,1-2H3,(H,22,23). The lowest BCUT2D eigenvalue weighted by Gasteiger charge is -2.06. The summed E-state index contributed by atoms with van der Waals surface area (Å²) in [6, 6.07) is 15.4. The predicted molar refractivity (Wildman–Crippen MR) is 96.6 cm³/mol. The summed E-state index contributed by atoms with van der Waals surface area (Å²) in [6.45, 7) is 4.28. The van der Waals surface area contributed by atoms with Gasteiger partial charge in [0, 0.05) is 28.4 Å². The van der Waals surface area contributed by atoms with Crippen LogP contribution < -0.4 is 5.32 Å². The van der Waals surface area contributed by atoms with Gasteiger partial charge in [-0.25, -0.2) is 0 Å². The van der Waals surface area contributed by atoms with Gasteiger partial charge < -0.3 is 10.3 Å². The average molecular weight is 304 g/mol. The van der Waals surface area contributed by atoms with Crippen LogP contribution in [0.5, 0.6) is 0 Å². The number of benzene rings is 2. The molecule has 0 aliphatic heterocycles. The van der Waals surface area contributed by atoms with Crippen molar-refractivity contribution < 1.29 is 4.79 Å². The minimum absolute atomic E-state index is 0.0979. The fourth-order valence-corrected chi connectivity index (χ4v) is 2.38. The molecule has 3 aromatic rings. The zero-order valence-electron chi connectivity index (χ0n) is 13.3. The summed E-state index contributed by atoms with van der Waals surface area (Å²) in [6.07, 6.45) is 6.10. The number of fused-ring (bicyclic) bond motifs is 1. The molecule has 0 spiro atoms.